The summed E-state index contributed by atoms with van der Waals surface area (Å²) in [6.45, 7) is 5.07. The van der Waals surface area contributed by atoms with Gasteiger partial charge in [0, 0.05) is 10.5 Å². The summed E-state index contributed by atoms with van der Waals surface area (Å²) in [6, 6.07) is 4.47. The second kappa shape index (κ2) is 6.76. The Balaban J connectivity index is 2.07. The van der Waals surface area contributed by atoms with Crippen molar-refractivity contribution in [1.29, 1.82) is 0 Å². The first-order valence-electron chi connectivity index (χ1n) is 7.27. The molecule has 2 N–H and O–H groups in total. The van der Waals surface area contributed by atoms with E-state index in [1.165, 1.54) is 30.4 Å². The van der Waals surface area contributed by atoms with Gasteiger partial charge in [0.05, 0.1) is 6.61 Å². The Bertz CT molecular complexity index is 429. The normalized spacial score (nSPS) is 16.4. The zero-order chi connectivity index (χ0) is 13.8. The van der Waals surface area contributed by atoms with Gasteiger partial charge in [-0.3, -0.25) is 0 Å². The van der Waals surface area contributed by atoms with Gasteiger partial charge in [-0.25, -0.2) is 0 Å². The van der Waals surface area contributed by atoms with E-state index < -0.39 is 0 Å². The van der Waals surface area contributed by atoms with Crippen molar-refractivity contribution in [3.8, 4) is 5.75 Å². The van der Waals surface area contributed by atoms with Crippen LogP contribution in [0.1, 0.15) is 43.7 Å². The van der Waals surface area contributed by atoms with E-state index in [1.807, 2.05) is 0 Å². The molecule has 2 rings (SSSR count). The third-order valence-corrected chi connectivity index (χ3v) is 4.25. The summed E-state index contributed by atoms with van der Waals surface area (Å²) in [5.74, 6) is 1.96. The first-order chi connectivity index (χ1) is 9.10. The quantitative estimate of drug-likeness (QED) is 0.814. The Labute approximate surface area is 124 Å². The van der Waals surface area contributed by atoms with E-state index in [4.69, 9.17) is 10.5 Å². The van der Waals surface area contributed by atoms with Crippen molar-refractivity contribution in [2.75, 3.05) is 6.61 Å². The number of ether oxygens (including phenoxy) is 1. The van der Waals surface area contributed by atoms with Gasteiger partial charge in [0.15, 0.2) is 0 Å². The number of hydrogen-bond donors (Lipinski definition) is 1. The molecule has 1 aliphatic carbocycles. The van der Waals surface area contributed by atoms with Crippen LogP contribution in [0.25, 0.3) is 0 Å². The molecule has 1 fully saturated rings. The van der Waals surface area contributed by atoms with E-state index in [0.29, 0.717) is 0 Å². The fourth-order valence-electron chi connectivity index (χ4n) is 2.32. The Kier molecular flexibility index (Phi) is 5.28. The molecule has 0 spiro atoms. The second-order valence-corrected chi connectivity index (χ2v) is 6.58. The van der Waals surface area contributed by atoms with Crippen LogP contribution < -0.4 is 10.5 Å². The fourth-order valence-corrected chi connectivity index (χ4v) is 2.94. The minimum absolute atomic E-state index is 0.208. The minimum atomic E-state index is 0.208. The topological polar surface area (TPSA) is 35.2 Å². The lowest BCUT2D eigenvalue weighted by molar-refractivity contribution is 0.297. The number of hydrogen-bond acceptors (Lipinski definition) is 2. The SMILES string of the molecule is CCC(N)Cc1cc(Br)cc(C)c1OCCC1CC1. The lowest BCUT2D eigenvalue weighted by Gasteiger charge is -2.17. The number of nitrogens with two attached hydrogens (primary N) is 1. The highest BCUT2D eigenvalue weighted by Gasteiger charge is 2.21. The lowest BCUT2D eigenvalue weighted by atomic mass is 10.0. The molecule has 1 atom stereocenters. The molecule has 3 heteroatoms. The summed E-state index contributed by atoms with van der Waals surface area (Å²) in [6.07, 6.45) is 5.84. The zero-order valence-electron chi connectivity index (χ0n) is 11.9. The average molecular weight is 326 g/mol. The highest BCUT2D eigenvalue weighted by molar-refractivity contribution is 9.10. The van der Waals surface area contributed by atoms with Gasteiger partial charge in [-0.15, -0.1) is 0 Å². The Hall–Kier alpha value is -0.540. The third-order valence-electron chi connectivity index (χ3n) is 3.79. The molecule has 106 valence electrons. The van der Waals surface area contributed by atoms with Crippen molar-refractivity contribution >= 4 is 15.9 Å². The second-order valence-electron chi connectivity index (χ2n) is 5.66. The molecular weight excluding hydrogens is 302 g/mol. The van der Waals surface area contributed by atoms with Crippen molar-refractivity contribution in [3.05, 3.63) is 27.7 Å². The predicted octanol–water partition coefficient (Wildman–Crippen LogP) is 4.22. The van der Waals surface area contributed by atoms with Gasteiger partial charge in [-0.2, -0.15) is 0 Å². The van der Waals surface area contributed by atoms with Crippen LogP contribution in [0.2, 0.25) is 0 Å². The van der Waals surface area contributed by atoms with E-state index in [2.05, 4.69) is 41.9 Å². The molecule has 0 amide bonds. The van der Waals surface area contributed by atoms with Crippen LogP contribution in [0.5, 0.6) is 5.75 Å². The van der Waals surface area contributed by atoms with Crippen LogP contribution in [-0.2, 0) is 6.42 Å². The van der Waals surface area contributed by atoms with E-state index in [-0.39, 0.29) is 6.04 Å². The van der Waals surface area contributed by atoms with E-state index in [0.717, 1.165) is 35.6 Å². The van der Waals surface area contributed by atoms with Crippen molar-refractivity contribution < 1.29 is 4.74 Å². The lowest BCUT2D eigenvalue weighted by Crippen LogP contribution is -2.22. The Morgan fingerprint density at radius 3 is 2.79 bits per heavy atom. The molecule has 1 aromatic rings. The van der Waals surface area contributed by atoms with Crippen molar-refractivity contribution in [1.82, 2.24) is 0 Å². The summed E-state index contributed by atoms with van der Waals surface area (Å²) in [7, 11) is 0. The molecule has 1 saturated carbocycles. The molecule has 0 heterocycles. The molecule has 1 aliphatic rings. The molecule has 0 saturated heterocycles. The standard InChI is InChI=1S/C16H24BrNO/c1-3-15(18)10-13-9-14(17)8-11(2)16(13)19-7-6-12-4-5-12/h8-9,12,15H,3-7,10,18H2,1-2H3. The first-order valence-corrected chi connectivity index (χ1v) is 8.06. The molecule has 0 bridgehead atoms. The van der Waals surface area contributed by atoms with Gasteiger partial charge in [-0.1, -0.05) is 35.7 Å². The van der Waals surface area contributed by atoms with Gasteiger partial charge in [0.25, 0.3) is 0 Å². The number of benzene rings is 1. The van der Waals surface area contributed by atoms with E-state index in [9.17, 15) is 0 Å². The van der Waals surface area contributed by atoms with E-state index >= 15 is 0 Å². The zero-order valence-corrected chi connectivity index (χ0v) is 13.5. The van der Waals surface area contributed by atoms with Crippen LogP contribution in [0.15, 0.2) is 16.6 Å². The summed E-state index contributed by atoms with van der Waals surface area (Å²) in [5, 5.41) is 0. The molecule has 19 heavy (non-hydrogen) atoms. The smallest absolute Gasteiger partial charge is 0.125 e. The number of rotatable bonds is 7. The molecule has 0 aromatic heterocycles. The van der Waals surface area contributed by atoms with Gasteiger partial charge < -0.3 is 10.5 Å². The molecule has 2 nitrogen and oxygen atoms in total. The summed E-state index contributed by atoms with van der Waals surface area (Å²) < 4.78 is 7.15. The maximum Gasteiger partial charge on any atom is 0.125 e. The van der Waals surface area contributed by atoms with Gasteiger partial charge in [0.1, 0.15) is 5.75 Å². The van der Waals surface area contributed by atoms with Gasteiger partial charge >= 0.3 is 0 Å². The average Bonchev–Trinajstić information content (AvgIpc) is 3.16. The molecule has 0 aliphatic heterocycles. The maximum absolute atomic E-state index is 6.09. The maximum atomic E-state index is 6.09. The minimum Gasteiger partial charge on any atom is -0.493 e. The molecule has 1 unspecified atom stereocenters. The van der Waals surface area contributed by atoms with Crippen LogP contribution in [0.4, 0.5) is 0 Å². The predicted molar refractivity (Wildman–Crippen MR) is 83.7 cm³/mol. The summed E-state index contributed by atoms with van der Waals surface area (Å²) >= 11 is 3.56. The monoisotopic (exact) mass is 325 g/mol. The van der Waals surface area contributed by atoms with Crippen molar-refractivity contribution in [2.45, 2.75) is 52.0 Å². The first kappa shape index (κ1) is 14.9. The highest BCUT2D eigenvalue weighted by atomic mass is 79.9. The van der Waals surface area contributed by atoms with Crippen molar-refractivity contribution in [3.63, 3.8) is 0 Å². The van der Waals surface area contributed by atoms with Crippen LogP contribution in [0, 0.1) is 12.8 Å². The fraction of sp³-hybridized carbons (Fsp3) is 0.625. The molecule has 1 aromatic carbocycles. The highest BCUT2D eigenvalue weighted by Crippen LogP contribution is 2.34. The largest absolute Gasteiger partial charge is 0.493 e. The number of aryl methyl sites for hydroxylation is 1. The van der Waals surface area contributed by atoms with Gasteiger partial charge in [-0.05, 0) is 55.4 Å². The Morgan fingerprint density at radius 1 is 1.42 bits per heavy atom. The number of halogens is 1. The molecular formula is C16H24BrNO. The van der Waals surface area contributed by atoms with Crippen LogP contribution in [-0.4, -0.2) is 12.6 Å². The van der Waals surface area contributed by atoms with Crippen molar-refractivity contribution in [2.24, 2.45) is 11.7 Å². The summed E-state index contributed by atoms with van der Waals surface area (Å²) in [5.41, 5.74) is 8.52. The van der Waals surface area contributed by atoms with Gasteiger partial charge in [0.2, 0.25) is 0 Å². The van der Waals surface area contributed by atoms with E-state index in [1.54, 1.807) is 0 Å². The van der Waals surface area contributed by atoms with Crippen LogP contribution >= 0.6 is 15.9 Å². The summed E-state index contributed by atoms with van der Waals surface area (Å²) in [4.78, 5) is 0. The van der Waals surface area contributed by atoms with Crippen LogP contribution in [0.3, 0.4) is 0 Å². The molecule has 0 radical (unpaired) electrons. The third kappa shape index (κ3) is 4.50. The Morgan fingerprint density at radius 2 is 2.16 bits per heavy atom.